The van der Waals surface area contributed by atoms with Gasteiger partial charge in [-0.2, -0.15) is 0 Å². The van der Waals surface area contributed by atoms with Crippen LogP contribution in [-0.4, -0.2) is 18.9 Å². The van der Waals surface area contributed by atoms with Crippen LogP contribution in [0.1, 0.15) is 41.1 Å². The Morgan fingerprint density at radius 2 is 2.15 bits per heavy atom. The summed E-state index contributed by atoms with van der Waals surface area (Å²) in [6, 6.07) is 7.74. The third-order valence-electron chi connectivity index (χ3n) is 5.31. The van der Waals surface area contributed by atoms with Crippen molar-refractivity contribution in [3.05, 3.63) is 69.6 Å². The molecule has 4 rings (SSSR count). The number of methoxy groups -OCH3 is 1. The number of ether oxygens (including phenoxy) is 1. The fourth-order valence-corrected chi connectivity index (χ4v) is 4.94. The minimum atomic E-state index is -0.693. The Hall–Kier alpha value is -2.60. The average molecular weight is 383 g/mol. The number of Topliss-reactive ketones (excluding diaryl/α,β-unsaturated/α-hetero) is 1. The highest BCUT2D eigenvalue weighted by Gasteiger charge is 2.46. The van der Waals surface area contributed by atoms with Crippen LogP contribution in [0.15, 0.2) is 57.6 Å². The van der Waals surface area contributed by atoms with Crippen LogP contribution in [0.5, 0.6) is 0 Å². The molecular formula is C21H21NO4S. The van der Waals surface area contributed by atoms with Gasteiger partial charge in [0.1, 0.15) is 17.4 Å². The molecule has 0 radical (unpaired) electrons. The predicted octanol–water partition coefficient (Wildman–Crippen LogP) is 4.04. The molecule has 2 aromatic rings. The van der Waals surface area contributed by atoms with Crippen molar-refractivity contribution in [3.63, 3.8) is 0 Å². The SMILES string of the molecule is C=C1NC2=C(C(=O)CC(c3cccs3)C2)C(c2ccc(C)o2)C1C(=O)OC. The first kappa shape index (κ1) is 17.8. The van der Waals surface area contributed by atoms with Crippen molar-refractivity contribution in [2.75, 3.05) is 7.11 Å². The molecule has 0 saturated carbocycles. The van der Waals surface area contributed by atoms with E-state index in [0.717, 1.165) is 11.5 Å². The van der Waals surface area contributed by atoms with Gasteiger partial charge in [-0.1, -0.05) is 12.6 Å². The molecule has 5 nitrogen and oxygen atoms in total. The van der Waals surface area contributed by atoms with Crippen LogP contribution in [0, 0.1) is 12.8 Å². The van der Waals surface area contributed by atoms with Gasteiger partial charge in [0, 0.05) is 34.2 Å². The van der Waals surface area contributed by atoms with E-state index in [4.69, 9.17) is 9.15 Å². The lowest BCUT2D eigenvalue weighted by atomic mass is 9.71. The van der Waals surface area contributed by atoms with E-state index in [0.29, 0.717) is 29.9 Å². The van der Waals surface area contributed by atoms with Gasteiger partial charge in [0.05, 0.1) is 13.0 Å². The van der Waals surface area contributed by atoms with Crippen molar-refractivity contribution in [3.8, 4) is 0 Å². The molecule has 0 fully saturated rings. The number of furan rings is 1. The number of esters is 1. The Bertz CT molecular complexity index is 937. The molecular weight excluding hydrogens is 362 g/mol. The number of nitrogens with one attached hydrogen (secondary N) is 1. The van der Waals surface area contributed by atoms with Crippen molar-refractivity contribution >= 4 is 23.1 Å². The van der Waals surface area contributed by atoms with Crippen LogP contribution in [0.3, 0.4) is 0 Å². The first-order valence-corrected chi connectivity index (χ1v) is 9.77. The molecule has 1 N–H and O–H groups in total. The summed E-state index contributed by atoms with van der Waals surface area (Å²) in [5.74, 6) is -0.104. The second-order valence-corrected chi connectivity index (χ2v) is 7.99. The van der Waals surface area contributed by atoms with Crippen LogP contribution in [0.2, 0.25) is 0 Å². The summed E-state index contributed by atoms with van der Waals surface area (Å²) in [5.41, 5.74) is 2.01. The fraction of sp³-hybridized carbons (Fsp3) is 0.333. The van der Waals surface area contributed by atoms with Crippen molar-refractivity contribution in [1.29, 1.82) is 0 Å². The molecule has 3 unspecified atom stereocenters. The Kier molecular flexibility index (Phi) is 4.52. The van der Waals surface area contributed by atoms with Gasteiger partial charge in [0.25, 0.3) is 0 Å². The minimum absolute atomic E-state index is 0.0441. The lowest BCUT2D eigenvalue weighted by molar-refractivity contribution is -0.145. The summed E-state index contributed by atoms with van der Waals surface area (Å²) in [5, 5.41) is 5.27. The highest BCUT2D eigenvalue weighted by molar-refractivity contribution is 7.10. The van der Waals surface area contributed by atoms with E-state index in [1.54, 1.807) is 11.3 Å². The van der Waals surface area contributed by atoms with E-state index < -0.39 is 17.8 Å². The van der Waals surface area contributed by atoms with Crippen molar-refractivity contribution in [2.45, 2.75) is 31.6 Å². The number of hydrogen-bond acceptors (Lipinski definition) is 6. The quantitative estimate of drug-likeness (QED) is 0.810. The maximum absolute atomic E-state index is 13.2. The largest absolute Gasteiger partial charge is 0.468 e. The zero-order chi connectivity index (χ0) is 19.1. The van der Waals surface area contributed by atoms with E-state index in [-0.39, 0.29) is 11.7 Å². The number of thiophene rings is 1. The summed E-state index contributed by atoms with van der Waals surface area (Å²) >= 11 is 1.66. The van der Waals surface area contributed by atoms with Gasteiger partial charge in [0.15, 0.2) is 5.78 Å². The van der Waals surface area contributed by atoms with E-state index in [9.17, 15) is 9.59 Å². The molecule has 0 spiro atoms. The second kappa shape index (κ2) is 6.85. The summed E-state index contributed by atoms with van der Waals surface area (Å²) in [4.78, 5) is 26.9. The van der Waals surface area contributed by atoms with E-state index >= 15 is 0 Å². The number of allylic oxidation sites excluding steroid dienone is 2. The van der Waals surface area contributed by atoms with E-state index in [2.05, 4.69) is 18.0 Å². The summed E-state index contributed by atoms with van der Waals surface area (Å²) in [6.07, 6.45) is 1.14. The van der Waals surface area contributed by atoms with Gasteiger partial charge in [-0.15, -0.1) is 11.3 Å². The van der Waals surface area contributed by atoms with Gasteiger partial charge in [-0.05, 0) is 36.9 Å². The third kappa shape index (κ3) is 3.04. The van der Waals surface area contributed by atoms with Crippen LogP contribution in [-0.2, 0) is 14.3 Å². The zero-order valence-electron chi connectivity index (χ0n) is 15.3. The van der Waals surface area contributed by atoms with Crippen molar-refractivity contribution in [1.82, 2.24) is 5.32 Å². The van der Waals surface area contributed by atoms with Crippen molar-refractivity contribution < 1.29 is 18.7 Å². The molecule has 6 heteroatoms. The maximum atomic E-state index is 13.2. The van der Waals surface area contributed by atoms with Gasteiger partial charge in [-0.3, -0.25) is 9.59 Å². The van der Waals surface area contributed by atoms with Crippen LogP contribution in [0.25, 0.3) is 0 Å². The van der Waals surface area contributed by atoms with Gasteiger partial charge in [0.2, 0.25) is 0 Å². The molecule has 0 amide bonds. The molecule has 0 aromatic carbocycles. The molecule has 2 aromatic heterocycles. The summed E-state index contributed by atoms with van der Waals surface area (Å²) in [7, 11) is 1.35. The number of carbonyl (C=O) groups excluding carboxylic acids is 2. The number of carbonyl (C=O) groups is 2. The van der Waals surface area contributed by atoms with Crippen LogP contribution < -0.4 is 5.32 Å². The molecule has 2 aliphatic rings. The fourth-order valence-electron chi connectivity index (χ4n) is 4.11. The Labute approximate surface area is 161 Å². The van der Waals surface area contributed by atoms with Gasteiger partial charge < -0.3 is 14.5 Å². The Morgan fingerprint density at radius 1 is 1.33 bits per heavy atom. The topological polar surface area (TPSA) is 68.5 Å². The monoisotopic (exact) mass is 383 g/mol. The van der Waals surface area contributed by atoms with Crippen LogP contribution >= 0.6 is 11.3 Å². The molecule has 0 saturated heterocycles. The summed E-state index contributed by atoms with van der Waals surface area (Å²) in [6.45, 7) is 5.90. The van der Waals surface area contributed by atoms with Gasteiger partial charge in [-0.25, -0.2) is 0 Å². The molecule has 3 atom stereocenters. The van der Waals surface area contributed by atoms with E-state index in [1.165, 1.54) is 12.0 Å². The maximum Gasteiger partial charge on any atom is 0.315 e. The normalized spacial score (nSPS) is 25.2. The molecule has 1 aliphatic carbocycles. The minimum Gasteiger partial charge on any atom is -0.468 e. The summed E-state index contributed by atoms with van der Waals surface area (Å²) < 4.78 is 10.8. The predicted molar refractivity (Wildman–Crippen MR) is 102 cm³/mol. The number of hydrogen-bond donors (Lipinski definition) is 1. The lowest BCUT2D eigenvalue weighted by Gasteiger charge is -2.38. The van der Waals surface area contributed by atoms with Gasteiger partial charge >= 0.3 is 5.97 Å². The number of ketones is 1. The van der Waals surface area contributed by atoms with E-state index in [1.807, 2.05) is 30.5 Å². The number of aryl methyl sites for hydroxylation is 1. The molecule has 0 bridgehead atoms. The molecule has 27 heavy (non-hydrogen) atoms. The smallest absolute Gasteiger partial charge is 0.315 e. The molecule has 1 aliphatic heterocycles. The standard InChI is InChI=1S/C21H21NO4S/c1-11-6-7-16(26-11)20-18(21(24)25-3)12(2)22-14-9-13(10-15(23)19(14)20)17-5-4-8-27-17/h4-8,13,18,20,22H,2,9-10H2,1,3H3. The third-order valence-corrected chi connectivity index (χ3v) is 6.34. The highest BCUT2D eigenvalue weighted by Crippen LogP contribution is 2.47. The number of rotatable bonds is 3. The first-order chi connectivity index (χ1) is 13.0. The lowest BCUT2D eigenvalue weighted by Crippen LogP contribution is -2.41. The first-order valence-electron chi connectivity index (χ1n) is 8.89. The van der Waals surface area contributed by atoms with Crippen molar-refractivity contribution in [2.24, 2.45) is 5.92 Å². The Morgan fingerprint density at radius 3 is 2.78 bits per heavy atom. The van der Waals surface area contributed by atoms with Crippen LogP contribution in [0.4, 0.5) is 0 Å². The Balaban J connectivity index is 1.81. The molecule has 3 heterocycles. The highest BCUT2D eigenvalue weighted by atomic mass is 32.1. The average Bonchev–Trinajstić information content (AvgIpc) is 3.31. The zero-order valence-corrected chi connectivity index (χ0v) is 16.1. The molecule has 140 valence electrons. The second-order valence-electron chi connectivity index (χ2n) is 7.01.